The highest BCUT2D eigenvalue weighted by Crippen LogP contribution is 2.25. The Balaban J connectivity index is 2.09. The second-order valence-electron chi connectivity index (χ2n) is 4.04. The molecule has 1 amide bonds. The van der Waals surface area contributed by atoms with Gasteiger partial charge < -0.3 is 4.90 Å². The lowest BCUT2D eigenvalue weighted by atomic mass is 10.2. The predicted octanol–water partition coefficient (Wildman–Crippen LogP) is 3.15. The fourth-order valence-corrected chi connectivity index (χ4v) is 2.97. The Kier molecular flexibility index (Phi) is 3.41. The highest BCUT2D eigenvalue weighted by molar-refractivity contribution is 7.08. The average molecular weight is 223 g/mol. The maximum Gasteiger partial charge on any atom is 0.254 e. The number of amides is 1. The molecule has 0 unspecified atom stereocenters. The Morgan fingerprint density at radius 1 is 1.53 bits per heavy atom. The van der Waals surface area contributed by atoms with Gasteiger partial charge in [0.15, 0.2) is 0 Å². The fraction of sp³-hybridized carbons (Fsp3) is 0.583. The van der Waals surface area contributed by atoms with Crippen LogP contribution < -0.4 is 0 Å². The van der Waals surface area contributed by atoms with Gasteiger partial charge in [0.2, 0.25) is 0 Å². The largest absolute Gasteiger partial charge is 0.336 e. The first-order valence-electron chi connectivity index (χ1n) is 5.66. The van der Waals surface area contributed by atoms with Crippen LogP contribution >= 0.6 is 11.3 Å². The summed E-state index contributed by atoms with van der Waals surface area (Å²) in [7, 11) is 0. The number of carbonyl (C=O) groups is 1. The van der Waals surface area contributed by atoms with Gasteiger partial charge in [0, 0.05) is 18.0 Å². The highest BCUT2D eigenvalue weighted by Gasteiger charge is 2.25. The minimum atomic E-state index is 0.214. The molecular weight excluding hydrogens is 206 g/mol. The van der Waals surface area contributed by atoms with Crippen molar-refractivity contribution >= 4 is 17.2 Å². The van der Waals surface area contributed by atoms with Gasteiger partial charge in [-0.05, 0) is 31.2 Å². The van der Waals surface area contributed by atoms with Crippen LogP contribution in [0.4, 0.5) is 0 Å². The Morgan fingerprint density at radius 2 is 2.27 bits per heavy atom. The summed E-state index contributed by atoms with van der Waals surface area (Å²) < 4.78 is 0. The zero-order chi connectivity index (χ0) is 10.7. The quantitative estimate of drug-likeness (QED) is 0.771. The van der Waals surface area contributed by atoms with Gasteiger partial charge in [0.25, 0.3) is 5.91 Å². The van der Waals surface area contributed by atoms with Crippen molar-refractivity contribution in [2.45, 2.75) is 38.6 Å². The van der Waals surface area contributed by atoms with Gasteiger partial charge >= 0.3 is 0 Å². The molecule has 0 saturated heterocycles. The summed E-state index contributed by atoms with van der Waals surface area (Å²) in [4.78, 5) is 14.2. The van der Waals surface area contributed by atoms with E-state index in [1.54, 1.807) is 11.3 Å². The molecule has 15 heavy (non-hydrogen) atoms. The molecule has 2 rings (SSSR count). The first kappa shape index (κ1) is 10.7. The summed E-state index contributed by atoms with van der Waals surface area (Å²) in [5, 5.41) is 3.91. The van der Waals surface area contributed by atoms with Crippen molar-refractivity contribution in [3.8, 4) is 0 Å². The van der Waals surface area contributed by atoms with E-state index in [2.05, 4.69) is 6.92 Å². The zero-order valence-corrected chi connectivity index (χ0v) is 9.93. The summed E-state index contributed by atoms with van der Waals surface area (Å²) in [5.74, 6) is 0.214. The normalized spacial score (nSPS) is 16.9. The van der Waals surface area contributed by atoms with E-state index >= 15 is 0 Å². The van der Waals surface area contributed by atoms with Gasteiger partial charge in [-0.15, -0.1) is 0 Å². The first-order chi connectivity index (χ1) is 7.33. The Hall–Kier alpha value is -0.830. The molecule has 0 bridgehead atoms. The predicted molar refractivity (Wildman–Crippen MR) is 63.3 cm³/mol. The lowest BCUT2D eigenvalue weighted by Crippen LogP contribution is -2.38. The van der Waals surface area contributed by atoms with E-state index in [0.717, 1.165) is 12.1 Å². The van der Waals surface area contributed by atoms with Crippen molar-refractivity contribution < 1.29 is 4.79 Å². The van der Waals surface area contributed by atoms with E-state index in [1.165, 1.54) is 25.7 Å². The molecule has 1 aliphatic rings. The maximum absolute atomic E-state index is 12.2. The van der Waals surface area contributed by atoms with Crippen LogP contribution in [-0.2, 0) is 0 Å². The molecule has 2 nitrogen and oxygen atoms in total. The summed E-state index contributed by atoms with van der Waals surface area (Å²) in [6.45, 7) is 2.90. The van der Waals surface area contributed by atoms with Gasteiger partial charge in [-0.1, -0.05) is 12.8 Å². The average Bonchev–Trinajstić information content (AvgIpc) is 2.91. The number of hydrogen-bond acceptors (Lipinski definition) is 2. The van der Waals surface area contributed by atoms with Crippen LogP contribution in [0.25, 0.3) is 0 Å². The first-order valence-corrected chi connectivity index (χ1v) is 6.60. The third-order valence-electron chi connectivity index (χ3n) is 3.14. The number of hydrogen-bond donors (Lipinski definition) is 0. The standard InChI is InChI=1S/C12H17NOS/c1-2-13(11-5-3-4-6-11)12(14)10-7-8-15-9-10/h7-9,11H,2-6H2,1H3. The van der Waals surface area contributed by atoms with Crippen molar-refractivity contribution in [1.82, 2.24) is 4.90 Å². The minimum Gasteiger partial charge on any atom is -0.336 e. The molecule has 1 saturated carbocycles. The van der Waals surface area contributed by atoms with E-state index in [-0.39, 0.29) is 5.91 Å². The van der Waals surface area contributed by atoms with Crippen LogP contribution in [0.15, 0.2) is 16.8 Å². The van der Waals surface area contributed by atoms with Crippen LogP contribution in [0.2, 0.25) is 0 Å². The van der Waals surface area contributed by atoms with Crippen LogP contribution in [0.5, 0.6) is 0 Å². The van der Waals surface area contributed by atoms with Crippen LogP contribution in [0.3, 0.4) is 0 Å². The van der Waals surface area contributed by atoms with E-state index in [0.29, 0.717) is 6.04 Å². The van der Waals surface area contributed by atoms with Crippen molar-refractivity contribution in [2.24, 2.45) is 0 Å². The molecule has 1 fully saturated rings. The SMILES string of the molecule is CCN(C(=O)c1ccsc1)C1CCCC1. The lowest BCUT2D eigenvalue weighted by molar-refractivity contribution is 0.0694. The van der Waals surface area contributed by atoms with E-state index in [9.17, 15) is 4.79 Å². The van der Waals surface area contributed by atoms with Crippen LogP contribution in [0, 0.1) is 0 Å². The number of nitrogens with zero attached hydrogens (tertiary/aromatic N) is 1. The number of rotatable bonds is 3. The topological polar surface area (TPSA) is 20.3 Å². The van der Waals surface area contributed by atoms with Crippen molar-refractivity contribution in [3.05, 3.63) is 22.4 Å². The summed E-state index contributed by atoms with van der Waals surface area (Å²) in [5.41, 5.74) is 0.855. The molecular formula is C12H17NOS. The van der Waals surface area contributed by atoms with Gasteiger partial charge in [0.1, 0.15) is 0 Å². The molecule has 1 aliphatic carbocycles. The number of carbonyl (C=O) groups excluding carboxylic acids is 1. The second kappa shape index (κ2) is 4.79. The molecule has 0 aliphatic heterocycles. The van der Waals surface area contributed by atoms with Crippen molar-refractivity contribution in [2.75, 3.05) is 6.54 Å². The van der Waals surface area contributed by atoms with Gasteiger partial charge in [0.05, 0.1) is 5.56 Å². The van der Waals surface area contributed by atoms with E-state index in [1.807, 2.05) is 21.7 Å². The molecule has 82 valence electrons. The molecule has 0 atom stereocenters. The van der Waals surface area contributed by atoms with Gasteiger partial charge in [-0.25, -0.2) is 0 Å². The lowest BCUT2D eigenvalue weighted by Gasteiger charge is -2.27. The second-order valence-corrected chi connectivity index (χ2v) is 4.82. The van der Waals surface area contributed by atoms with E-state index in [4.69, 9.17) is 0 Å². The minimum absolute atomic E-state index is 0.214. The van der Waals surface area contributed by atoms with Gasteiger partial charge in [-0.3, -0.25) is 4.79 Å². The molecule has 0 N–H and O–H groups in total. The molecule has 3 heteroatoms. The highest BCUT2D eigenvalue weighted by atomic mass is 32.1. The smallest absolute Gasteiger partial charge is 0.254 e. The Bertz CT molecular complexity index is 314. The van der Waals surface area contributed by atoms with Gasteiger partial charge in [-0.2, -0.15) is 11.3 Å². The molecule has 0 aromatic carbocycles. The summed E-state index contributed by atoms with van der Waals surface area (Å²) >= 11 is 1.59. The van der Waals surface area contributed by atoms with Crippen molar-refractivity contribution in [3.63, 3.8) is 0 Å². The third kappa shape index (κ3) is 2.23. The number of thiophene rings is 1. The molecule has 1 heterocycles. The summed E-state index contributed by atoms with van der Waals surface area (Å²) in [6, 6.07) is 2.41. The zero-order valence-electron chi connectivity index (χ0n) is 9.11. The molecule has 0 radical (unpaired) electrons. The Morgan fingerprint density at radius 3 is 2.80 bits per heavy atom. The van der Waals surface area contributed by atoms with Crippen LogP contribution in [-0.4, -0.2) is 23.4 Å². The fourth-order valence-electron chi connectivity index (χ4n) is 2.34. The Labute approximate surface area is 94.9 Å². The maximum atomic E-state index is 12.2. The monoisotopic (exact) mass is 223 g/mol. The molecule has 0 spiro atoms. The summed E-state index contributed by atoms with van der Waals surface area (Å²) in [6.07, 6.45) is 4.92. The van der Waals surface area contributed by atoms with Crippen LogP contribution in [0.1, 0.15) is 43.0 Å². The third-order valence-corrected chi connectivity index (χ3v) is 3.82. The van der Waals surface area contributed by atoms with Crippen molar-refractivity contribution in [1.29, 1.82) is 0 Å². The molecule has 1 aromatic heterocycles. The molecule has 1 aromatic rings. The van der Waals surface area contributed by atoms with E-state index < -0.39 is 0 Å².